The van der Waals surface area contributed by atoms with Crippen molar-refractivity contribution in [1.29, 1.82) is 0 Å². The number of fused-ring (bicyclic) bond motifs is 1. The molecule has 0 bridgehead atoms. The molecule has 0 aromatic heterocycles. The highest BCUT2D eigenvalue weighted by molar-refractivity contribution is 6.31. The maximum Gasteiger partial charge on any atom is 0.228 e. The van der Waals surface area contributed by atoms with Crippen LogP contribution in [0.3, 0.4) is 0 Å². The van der Waals surface area contributed by atoms with Crippen molar-refractivity contribution < 1.29 is 19.4 Å². The minimum atomic E-state index is -0.731. The van der Waals surface area contributed by atoms with Gasteiger partial charge in [0.15, 0.2) is 0 Å². The second kappa shape index (κ2) is 8.19. The van der Waals surface area contributed by atoms with E-state index in [2.05, 4.69) is 6.07 Å². The molecule has 2 aromatic carbocycles. The highest BCUT2D eigenvalue weighted by atomic mass is 35.5. The molecule has 4 rings (SSSR count). The van der Waals surface area contributed by atoms with E-state index in [1.807, 2.05) is 32.9 Å². The van der Waals surface area contributed by atoms with E-state index in [1.165, 1.54) is 23.3 Å². The van der Waals surface area contributed by atoms with Crippen LogP contribution in [-0.2, 0) is 17.6 Å². The first-order valence-electron chi connectivity index (χ1n) is 10.8. The highest BCUT2D eigenvalue weighted by Crippen LogP contribution is 2.55. The van der Waals surface area contributed by atoms with Crippen molar-refractivity contribution in [3.8, 4) is 0 Å². The molecule has 2 N–H and O–H groups in total. The third kappa shape index (κ3) is 4.11. The number of aliphatic hydroxyl groups excluding tert-OH is 1. The van der Waals surface area contributed by atoms with Crippen LogP contribution in [0, 0.1) is 11.7 Å². The van der Waals surface area contributed by atoms with E-state index in [0.29, 0.717) is 12.3 Å². The SMILES string of the molecule is C[C@H]1c2cccc(C3C[C@H]3C(C)(C)O)c2C[C@H](CO)N1C(=O)Cc1c(F)cccc1Cl. The molecule has 166 valence electrons. The quantitative estimate of drug-likeness (QED) is 0.717. The Hall–Kier alpha value is -1.95. The Morgan fingerprint density at radius 1 is 1.23 bits per heavy atom. The second-order valence-corrected chi connectivity index (χ2v) is 9.82. The van der Waals surface area contributed by atoms with E-state index in [0.717, 1.165) is 12.0 Å². The largest absolute Gasteiger partial charge is 0.394 e. The number of amides is 1. The summed E-state index contributed by atoms with van der Waals surface area (Å²) >= 11 is 6.13. The number of hydrogen-bond donors (Lipinski definition) is 2. The zero-order valence-corrected chi connectivity index (χ0v) is 18.9. The Morgan fingerprint density at radius 3 is 2.52 bits per heavy atom. The zero-order valence-electron chi connectivity index (χ0n) is 18.1. The van der Waals surface area contributed by atoms with Crippen molar-refractivity contribution in [2.45, 2.75) is 63.6 Å². The van der Waals surface area contributed by atoms with Gasteiger partial charge in [-0.05, 0) is 74.3 Å². The molecule has 1 fully saturated rings. The second-order valence-electron chi connectivity index (χ2n) is 9.41. The van der Waals surface area contributed by atoms with Gasteiger partial charge in [0.25, 0.3) is 0 Å². The molecule has 1 unspecified atom stereocenters. The van der Waals surface area contributed by atoms with Crippen LogP contribution in [0.5, 0.6) is 0 Å². The summed E-state index contributed by atoms with van der Waals surface area (Å²) in [6.45, 7) is 5.47. The Kier molecular flexibility index (Phi) is 5.88. The first-order chi connectivity index (χ1) is 14.6. The summed E-state index contributed by atoms with van der Waals surface area (Å²) < 4.78 is 14.2. The molecular weight excluding hydrogens is 417 g/mol. The van der Waals surface area contributed by atoms with Crippen molar-refractivity contribution in [2.24, 2.45) is 5.92 Å². The van der Waals surface area contributed by atoms with E-state index in [1.54, 1.807) is 11.0 Å². The standard InChI is InChI=1S/C25H29ClFNO3/c1-14-16-6-4-7-17(19-11-21(19)25(2,3)31)18(16)10-15(13-29)28(14)24(30)12-20-22(26)8-5-9-23(20)27/h4-9,14-15,19,21,29,31H,10-13H2,1-3H3/t14-,15+,19?,21+/m0/s1. The van der Waals surface area contributed by atoms with Crippen molar-refractivity contribution >= 4 is 17.5 Å². The molecule has 0 radical (unpaired) electrons. The molecule has 1 saturated carbocycles. The molecule has 0 saturated heterocycles. The summed E-state index contributed by atoms with van der Waals surface area (Å²) in [5, 5.41) is 20.8. The highest BCUT2D eigenvalue weighted by Gasteiger charge is 2.49. The normalized spacial score (nSPS) is 25.3. The van der Waals surface area contributed by atoms with E-state index in [4.69, 9.17) is 11.6 Å². The van der Waals surface area contributed by atoms with Gasteiger partial charge < -0.3 is 15.1 Å². The lowest BCUT2D eigenvalue weighted by atomic mass is 9.83. The van der Waals surface area contributed by atoms with Crippen LogP contribution >= 0.6 is 11.6 Å². The third-order valence-corrected chi connectivity index (χ3v) is 7.29. The van der Waals surface area contributed by atoms with Gasteiger partial charge in [-0.3, -0.25) is 4.79 Å². The molecule has 6 heteroatoms. The van der Waals surface area contributed by atoms with Gasteiger partial charge in [0.1, 0.15) is 5.82 Å². The molecule has 1 aliphatic carbocycles. The van der Waals surface area contributed by atoms with Crippen LogP contribution in [0.15, 0.2) is 36.4 Å². The number of benzene rings is 2. The van der Waals surface area contributed by atoms with Gasteiger partial charge in [-0.1, -0.05) is 35.9 Å². The minimum Gasteiger partial charge on any atom is -0.394 e. The molecule has 31 heavy (non-hydrogen) atoms. The molecule has 2 aromatic rings. The van der Waals surface area contributed by atoms with Crippen molar-refractivity contribution in [2.75, 3.05) is 6.61 Å². The van der Waals surface area contributed by atoms with Crippen LogP contribution < -0.4 is 0 Å². The Balaban J connectivity index is 1.64. The Morgan fingerprint density at radius 2 is 1.90 bits per heavy atom. The fraction of sp³-hybridized carbons (Fsp3) is 0.480. The molecule has 1 aliphatic heterocycles. The maximum absolute atomic E-state index is 14.2. The number of carbonyl (C=O) groups excluding carboxylic acids is 1. The summed E-state index contributed by atoms with van der Waals surface area (Å²) in [6.07, 6.45) is 1.33. The predicted octanol–water partition coefficient (Wildman–Crippen LogP) is 4.40. The van der Waals surface area contributed by atoms with Crippen LogP contribution in [-0.4, -0.2) is 39.3 Å². The number of nitrogens with zero attached hydrogens (tertiary/aromatic N) is 1. The van der Waals surface area contributed by atoms with Gasteiger partial charge in [0.05, 0.1) is 30.7 Å². The van der Waals surface area contributed by atoms with Gasteiger partial charge in [-0.2, -0.15) is 0 Å². The van der Waals surface area contributed by atoms with Gasteiger partial charge in [0, 0.05) is 10.6 Å². The van der Waals surface area contributed by atoms with Crippen LogP contribution in [0.1, 0.15) is 61.4 Å². The van der Waals surface area contributed by atoms with E-state index >= 15 is 0 Å². The Bertz CT molecular complexity index is 982. The number of aliphatic hydroxyl groups is 2. The fourth-order valence-electron chi connectivity index (χ4n) is 5.23. The van der Waals surface area contributed by atoms with E-state index < -0.39 is 11.4 Å². The minimum absolute atomic E-state index is 0.148. The zero-order chi connectivity index (χ0) is 22.5. The maximum atomic E-state index is 14.2. The monoisotopic (exact) mass is 445 g/mol. The van der Waals surface area contributed by atoms with Crippen molar-refractivity contribution in [3.05, 3.63) is 69.5 Å². The summed E-state index contributed by atoms with van der Waals surface area (Å²) in [5.41, 5.74) is 2.88. The number of hydrogen-bond acceptors (Lipinski definition) is 3. The molecular formula is C25H29ClFNO3. The molecule has 0 spiro atoms. The van der Waals surface area contributed by atoms with E-state index in [9.17, 15) is 19.4 Å². The van der Waals surface area contributed by atoms with Crippen LogP contribution in [0.2, 0.25) is 5.02 Å². The fourth-order valence-corrected chi connectivity index (χ4v) is 5.46. The topological polar surface area (TPSA) is 60.8 Å². The molecule has 4 atom stereocenters. The van der Waals surface area contributed by atoms with Gasteiger partial charge in [-0.25, -0.2) is 4.39 Å². The third-order valence-electron chi connectivity index (χ3n) is 6.93. The first kappa shape index (κ1) is 22.3. The number of carbonyl (C=O) groups is 1. The van der Waals surface area contributed by atoms with Crippen LogP contribution in [0.4, 0.5) is 4.39 Å². The molecule has 4 nitrogen and oxygen atoms in total. The van der Waals surface area contributed by atoms with E-state index in [-0.39, 0.29) is 47.5 Å². The van der Waals surface area contributed by atoms with Gasteiger partial charge in [-0.15, -0.1) is 0 Å². The summed E-state index contributed by atoms with van der Waals surface area (Å²) in [6, 6.07) is 9.88. The summed E-state index contributed by atoms with van der Waals surface area (Å²) in [5.74, 6) is -0.249. The smallest absolute Gasteiger partial charge is 0.228 e. The van der Waals surface area contributed by atoms with Crippen molar-refractivity contribution in [1.82, 2.24) is 4.90 Å². The lowest BCUT2D eigenvalue weighted by Crippen LogP contribution is -2.49. The molecule has 1 amide bonds. The van der Waals surface area contributed by atoms with Crippen LogP contribution in [0.25, 0.3) is 0 Å². The molecule has 1 heterocycles. The molecule has 2 aliphatic rings. The van der Waals surface area contributed by atoms with Crippen molar-refractivity contribution in [3.63, 3.8) is 0 Å². The number of rotatable bonds is 5. The lowest BCUT2D eigenvalue weighted by molar-refractivity contribution is -0.137. The summed E-state index contributed by atoms with van der Waals surface area (Å²) in [4.78, 5) is 14.9. The van der Waals surface area contributed by atoms with Gasteiger partial charge >= 0.3 is 0 Å². The Labute approximate surface area is 187 Å². The average molecular weight is 446 g/mol. The first-order valence-corrected chi connectivity index (χ1v) is 11.2. The van der Waals surface area contributed by atoms with Gasteiger partial charge in [0.2, 0.25) is 5.91 Å². The summed E-state index contributed by atoms with van der Waals surface area (Å²) in [7, 11) is 0. The number of halogens is 2. The predicted molar refractivity (Wildman–Crippen MR) is 119 cm³/mol. The lowest BCUT2D eigenvalue weighted by Gasteiger charge is -2.42. The average Bonchev–Trinajstić information content (AvgIpc) is 3.51.